The fraction of sp³-hybridized carbons (Fsp3) is 0.222. The average molecular weight is 258 g/mol. The minimum atomic E-state index is -3.88. The van der Waals surface area contributed by atoms with Gasteiger partial charge in [0.25, 0.3) is 10.2 Å². The van der Waals surface area contributed by atoms with Crippen molar-refractivity contribution in [1.29, 1.82) is 0 Å². The Hall–Kier alpha value is -1.80. The number of anilines is 1. The van der Waals surface area contributed by atoms with Gasteiger partial charge >= 0.3 is 0 Å². The summed E-state index contributed by atoms with van der Waals surface area (Å²) in [5.74, 6) is -0.0606. The molecule has 0 heterocycles. The number of nitrogens with two attached hydrogens (primary N) is 2. The summed E-state index contributed by atoms with van der Waals surface area (Å²) in [6.45, 7) is 0.0126. The molecule has 17 heavy (non-hydrogen) atoms. The Balaban J connectivity index is 2.91. The van der Waals surface area contributed by atoms with E-state index in [9.17, 15) is 8.42 Å². The molecule has 0 fully saturated rings. The van der Waals surface area contributed by atoms with E-state index in [2.05, 4.69) is 5.16 Å². The Kier molecular flexibility index (Phi) is 4.30. The summed E-state index contributed by atoms with van der Waals surface area (Å²) < 4.78 is 23.8. The van der Waals surface area contributed by atoms with E-state index in [0.29, 0.717) is 5.69 Å². The number of benzene rings is 1. The standard InChI is InChI=1S/C9H14N4O3S/c10-9(12-14)6-7-13(17(11,15)16)8-4-2-1-3-5-8/h1-5,14H,6-7H2,(H2,10,12)(H2,11,15,16). The number of oxime groups is 1. The molecule has 0 aliphatic carbocycles. The summed E-state index contributed by atoms with van der Waals surface area (Å²) in [5, 5.41) is 16.2. The van der Waals surface area contributed by atoms with E-state index in [-0.39, 0.29) is 18.8 Å². The molecule has 0 amide bonds. The molecule has 1 aromatic rings. The average Bonchev–Trinajstić information content (AvgIpc) is 2.28. The lowest BCUT2D eigenvalue weighted by atomic mass is 10.3. The lowest BCUT2D eigenvalue weighted by Gasteiger charge is -2.21. The molecule has 7 nitrogen and oxygen atoms in total. The Morgan fingerprint density at radius 1 is 1.35 bits per heavy atom. The number of rotatable bonds is 5. The quantitative estimate of drug-likeness (QED) is 0.294. The largest absolute Gasteiger partial charge is 0.409 e. The van der Waals surface area contributed by atoms with Crippen molar-refractivity contribution in [3.63, 3.8) is 0 Å². The van der Waals surface area contributed by atoms with Crippen LogP contribution in [0.15, 0.2) is 35.5 Å². The first kappa shape index (κ1) is 13.3. The summed E-state index contributed by atoms with van der Waals surface area (Å²) in [7, 11) is -3.88. The van der Waals surface area contributed by atoms with Gasteiger partial charge in [-0.05, 0) is 12.1 Å². The van der Waals surface area contributed by atoms with Gasteiger partial charge in [-0.15, -0.1) is 0 Å². The molecular weight excluding hydrogens is 244 g/mol. The Morgan fingerprint density at radius 3 is 2.41 bits per heavy atom. The third-order valence-electron chi connectivity index (χ3n) is 2.05. The Bertz CT molecular complexity index is 486. The third kappa shape index (κ3) is 3.93. The van der Waals surface area contributed by atoms with Gasteiger partial charge in [0.1, 0.15) is 5.84 Å². The second kappa shape index (κ2) is 5.51. The molecule has 0 aromatic heterocycles. The van der Waals surface area contributed by atoms with Gasteiger partial charge in [0.2, 0.25) is 0 Å². The van der Waals surface area contributed by atoms with E-state index in [1.165, 1.54) is 0 Å². The van der Waals surface area contributed by atoms with Crippen molar-refractivity contribution in [1.82, 2.24) is 0 Å². The van der Waals surface area contributed by atoms with Crippen molar-refractivity contribution in [2.24, 2.45) is 16.0 Å². The van der Waals surface area contributed by atoms with E-state index >= 15 is 0 Å². The maximum absolute atomic E-state index is 11.4. The van der Waals surface area contributed by atoms with Crippen LogP contribution in [0.2, 0.25) is 0 Å². The zero-order valence-electron chi connectivity index (χ0n) is 9.02. The van der Waals surface area contributed by atoms with Gasteiger partial charge in [-0.2, -0.15) is 8.42 Å². The number of nitrogens with zero attached hydrogens (tertiary/aromatic N) is 2. The maximum Gasteiger partial charge on any atom is 0.299 e. The molecule has 0 atom stereocenters. The van der Waals surface area contributed by atoms with Crippen LogP contribution >= 0.6 is 0 Å². The summed E-state index contributed by atoms with van der Waals surface area (Å²) in [6, 6.07) is 8.36. The van der Waals surface area contributed by atoms with Crippen molar-refractivity contribution in [3.8, 4) is 0 Å². The van der Waals surface area contributed by atoms with Crippen LogP contribution in [-0.4, -0.2) is 26.0 Å². The molecule has 8 heteroatoms. The molecule has 0 bridgehead atoms. The van der Waals surface area contributed by atoms with E-state index in [0.717, 1.165) is 4.31 Å². The molecular formula is C9H14N4O3S. The van der Waals surface area contributed by atoms with E-state index < -0.39 is 10.2 Å². The van der Waals surface area contributed by atoms with Gasteiger partial charge in [0.05, 0.1) is 5.69 Å². The predicted octanol–water partition coefficient (Wildman–Crippen LogP) is -0.167. The summed E-state index contributed by atoms with van der Waals surface area (Å²) in [5.41, 5.74) is 5.71. The predicted molar refractivity (Wildman–Crippen MR) is 64.9 cm³/mol. The number of para-hydroxylation sites is 1. The second-order valence-corrected chi connectivity index (χ2v) is 4.76. The molecule has 0 saturated carbocycles. The van der Waals surface area contributed by atoms with Gasteiger partial charge in [0.15, 0.2) is 0 Å². The van der Waals surface area contributed by atoms with Crippen LogP contribution in [0.25, 0.3) is 0 Å². The highest BCUT2D eigenvalue weighted by Gasteiger charge is 2.17. The molecule has 0 radical (unpaired) electrons. The van der Waals surface area contributed by atoms with Crippen LogP contribution < -0.4 is 15.2 Å². The van der Waals surface area contributed by atoms with Crippen molar-refractivity contribution in [2.45, 2.75) is 6.42 Å². The zero-order valence-corrected chi connectivity index (χ0v) is 9.84. The highest BCUT2D eigenvalue weighted by atomic mass is 32.2. The SMILES string of the molecule is N/C(CCN(c1ccccc1)S(N)(=O)=O)=N/O. The first-order chi connectivity index (χ1) is 7.95. The summed E-state index contributed by atoms with van der Waals surface area (Å²) in [6.07, 6.45) is 0.0851. The van der Waals surface area contributed by atoms with E-state index in [1.54, 1.807) is 30.3 Å². The Labute approximate surface area is 99.5 Å². The van der Waals surface area contributed by atoms with Crippen molar-refractivity contribution < 1.29 is 13.6 Å². The smallest absolute Gasteiger partial charge is 0.299 e. The monoisotopic (exact) mass is 258 g/mol. The molecule has 0 spiro atoms. The lowest BCUT2D eigenvalue weighted by molar-refractivity contribution is 0.317. The second-order valence-electron chi connectivity index (χ2n) is 3.29. The van der Waals surface area contributed by atoms with Crippen molar-refractivity contribution >= 4 is 21.7 Å². The topological polar surface area (TPSA) is 122 Å². The maximum atomic E-state index is 11.4. The van der Waals surface area contributed by atoms with Gasteiger partial charge in [-0.1, -0.05) is 23.4 Å². The fourth-order valence-corrected chi connectivity index (χ4v) is 2.02. The Morgan fingerprint density at radius 2 is 1.94 bits per heavy atom. The van der Waals surface area contributed by atoms with Crippen LogP contribution in [0.4, 0.5) is 5.69 Å². The van der Waals surface area contributed by atoms with Crippen LogP contribution in [0.5, 0.6) is 0 Å². The molecule has 5 N–H and O–H groups in total. The number of hydrogen-bond donors (Lipinski definition) is 3. The minimum absolute atomic E-state index is 0.0126. The molecule has 1 rings (SSSR count). The van der Waals surface area contributed by atoms with Crippen LogP contribution in [0.1, 0.15) is 6.42 Å². The van der Waals surface area contributed by atoms with Gasteiger partial charge < -0.3 is 10.9 Å². The molecule has 94 valence electrons. The highest BCUT2D eigenvalue weighted by molar-refractivity contribution is 7.90. The van der Waals surface area contributed by atoms with Crippen molar-refractivity contribution in [3.05, 3.63) is 30.3 Å². The molecule has 0 unspecified atom stereocenters. The van der Waals surface area contributed by atoms with Gasteiger partial charge in [-0.25, -0.2) is 5.14 Å². The fourth-order valence-electron chi connectivity index (χ4n) is 1.26. The zero-order chi connectivity index (χ0) is 12.9. The minimum Gasteiger partial charge on any atom is -0.409 e. The molecule has 0 aliphatic heterocycles. The van der Waals surface area contributed by atoms with E-state index in [4.69, 9.17) is 16.1 Å². The van der Waals surface area contributed by atoms with Crippen LogP contribution in [0, 0.1) is 0 Å². The highest BCUT2D eigenvalue weighted by Crippen LogP contribution is 2.15. The number of hydrogen-bond acceptors (Lipinski definition) is 4. The normalized spacial score (nSPS) is 12.4. The molecule has 1 aromatic carbocycles. The third-order valence-corrected chi connectivity index (χ3v) is 3.06. The van der Waals surface area contributed by atoms with E-state index in [1.807, 2.05) is 0 Å². The lowest BCUT2D eigenvalue weighted by Crippen LogP contribution is -2.38. The van der Waals surface area contributed by atoms with Crippen LogP contribution in [0.3, 0.4) is 0 Å². The van der Waals surface area contributed by atoms with Gasteiger partial charge in [-0.3, -0.25) is 4.31 Å². The first-order valence-electron chi connectivity index (χ1n) is 4.77. The van der Waals surface area contributed by atoms with Crippen molar-refractivity contribution in [2.75, 3.05) is 10.8 Å². The van der Waals surface area contributed by atoms with Crippen LogP contribution in [-0.2, 0) is 10.2 Å². The summed E-state index contributed by atoms with van der Waals surface area (Å²) in [4.78, 5) is 0. The summed E-state index contributed by atoms with van der Waals surface area (Å²) >= 11 is 0. The van der Waals surface area contributed by atoms with Gasteiger partial charge in [0, 0.05) is 13.0 Å². The molecule has 0 saturated heterocycles. The number of amidine groups is 1. The molecule has 0 aliphatic rings. The first-order valence-corrected chi connectivity index (χ1v) is 6.27.